The van der Waals surface area contributed by atoms with Crippen molar-refractivity contribution in [1.29, 1.82) is 0 Å². The largest absolute Gasteiger partial charge is 0.351 e. The second-order valence-electron chi connectivity index (χ2n) is 9.47. The Labute approximate surface area is 224 Å². The number of hydrogen-bond donors (Lipinski definition) is 3. The molecule has 3 heterocycles. The minimum Gasteiger partial charge on any atom is -0.351 e. The third-order valence-corrected chi connectivity index (χ3v) is 7.45. The van der Waals surface area contributed by atoms with E-state index in [1.54, 1.807) is 37.3 Å². The minimum absolute atomic E-state index is 0.206. The maximum atomic E-state index is 13.6. The maximum absolute atomic E-state index is 13.6. The molecule has 5 rings (SSSR count). The highest BCUT2D eigenvalue weighted by molar-refractivity contribution is 9.10. The van der Waals surface area contributed by atoms with Crippen molar-refractivity contribution in [2.45, 2.75) is 26.2 Å². The van der Waals surface area contributed by atoms with E-state index >= 15 is 0 Å². The van der Waals surface area contributed by atoms with Gasteiger partial charge in [-0.05, 0) is 75.7 Å². The molecule has 0 unspecified atom stereocenters. The molecule has 0 spiro atoms. The molecule has 7 nitrogen and oxygen atoms in total. The average Bonchev–Trinajstić information content (AvgIpc) is 3.61. The van der Waals surface area contributed by atoms with Crippen LogP contribution >= 0.6 is 15.9 Å². The Hall–Kier alpha value is -3.49. The number of amides is 2. The number of carbonyl (C=O) groups is 3. The Morgan fingerprint density at radius 3 is 2.62 bits per heavy atom. The lowest BCUT2D eigenvalue weighted by molar-refractivity contribution is -0.110. The number of aromatic amines is 1. The molecule has 0 radical (unpaired) electrons. The third kappa shape index (κ3) is 5.31. The van der Waals surface area contributed by atoms with Crippen LogP contribution in [-0.4, -0.2) is 53.7 Å². The monoisotopic (exact) mass is 560 g/mol. The van der Waals surface area contributed by atoms with E-state index in [1.807, 2.05) is 24.3 Å². The topological polar surface area (TPSA) is 94.3 Å². The molecule has 2 aliphatic rings. The lowest BCUT2D eigenvalue weighted by Crippen LogP contribution is -2.29. The maximum Gasteiger partial charge on any atom is 0.268 e. The van der Waals surface area contributed by atoms with Crippen LogP contribution in [0.25, 0.3) is 11.6 Å². The summed E-state index contributed by atoms with van der Waals surface area (Å²) in [5.41, 5.74) is 4.10. The van der Waals surface area contributed by atoms with Gasteiger partial charge in [-0.1, -0.05) is 46.3 Å². The van der Waals surface area contributed by atoms with Gasteiger partial charge in [-0.2, -0.15) is 0 Å². The van der Waals surface area contributed by atoms with Gasteiger partial charge in [-0.15, -0.1) is 0 Å². The van der Waals surface area contributed by atoms with E-state index in [4.69, 9.17) is 0 Å². The number of nitrogens with zero attached hydrogens (tertiary/aromatic N) is 1. The number of benzene rings is 2. The molecule has 190 valence electrons. The first-order valence-electron chi connectivity index (χ1n) is 12.6. The Bertz CT molecular complexity index is 1390. The summed E-state index contributed by atoms with van der Waals surface area (Å²) >= 11 is 3.47. The fraction of sp³-hybridized carbons (Fsp3) is 0.276. The number of fused-ring (bicyclic) bond motifs is 1. The molecule has 37 heavy (non-hydrogen) atoms. The zero-order valence-electron chi connectivity index (χ0n) is 20.7. The van der Waals surface area contributed by atoms with E-state index in [-0.39, 0.29) is 17.6 Å². The summed E-state index contributed by atoms with van der Waals surface area (Å²) in [4.78, 5) is 45.2. The van der Waals surface area contributed by atoms with E-state index in [0.717, 1.165) is 36.1 Å². The van der Waals surface area contributed by atoms with Crippen molar-refractivity contribution in [3.8, 4) is 0 Å². The molecule has 0 saturated carbocycles. The summed E-state index contributed by atoms with van der Waals surface area (Å²) < 4.78 is 0.839. The van der Waals surface area contributed by atoms with Crippen molar-refractivity contribution in [3.05, 3.63) is 86.6 Å². The van der Waals surface area contributed by atoms with Crippen LogP contribution in [0.1, 0.15) is 62.5 Å². The lowest BCUT2D eigenvalue weighted by Gasteiger charge is -2.14. The first-order valence-corrected chi connectivity index (χ1v) is 13.4. The number of halogens is 1. The molecule has 3 aromatic rings. The highest BCUT2D eigenvalue weighted by Crippen LogP contribution is 2.36. The summed E-state index contributed by atoms with van der Waals surface area (Å²) in [6.45, 7) is 5.53. The zero-order chi connectivity index (χ0) is 25.9. The van der Waals surface area contributed by atoms with E-state index in [0.29, 0.717) is 45.9 Å². The molecule has 0 bridgehead atoms. The van der Waals surface area contributed by atoms with Gasteiger partial charge in [0.05, 0.1) is 16.8 Å². The van der Waals surface area contributed by atoms with Crippen molar-refractivity contribution >= 4 is 50.9 Å². The van der Waals surface area contributed by atoms with Gasteiger partial charge in [0.25, 0.3) is 11.8 Å². The summed E-state index contributed by atoms with van der Waals surface area (Å²) in [6, 6.07) is 14.5. The molecule has 8 heteroatoms. The number of hydrogen-bond acceptors (Lipinski definition) is 4. The van der Waals surface area contributed by atoms with E-state index in [1.165, 1.54) is 12.8 Å². The first kappa shape index (κ1) is 25.2. The second kappa shape index (κ2) is 10.9. The van der Waals surface area contributed by atoms with Crippen molar-refractivity contribution < 1.29 is 14.4 Å². The fourth-order valence-electron chi connectivity index (χ4n) is 5.03. The minimum atomic E-state index is -0.260. The van der Waals surface area contributed by atoms with Crippen LogP contribution in [0.15, 0.2) is 53.0 Å². The first-order chi connectivity index (χ1) is 17.9. The van der Waals surface area contributed by atoms with Gasteiger partial charge >= 0.3 is 0 Å². The number of H-pyrrole nitrogens is 1. The van der Waals surface area contributed by atoms with Crippen molar-refractivity contribution in [2.24, 2.45) is 0 Å². The summed E-state index contributed by atoms with van der Waals surface area (Å²) in [6.07, 6.45) is 5.01. The highest BCUT2D eigenvalue weighted by Gasteiger charge is 2.28. The number of ketones is 1. The van der Waals surface area contributed by atoms with Crippen LogP contribution in [0.3, 0.4) is 0 Å². The van der Waals surface area contributed by atoms with Crippen LogP contribution in [0.5, 0.6) is 0 Å². The van der Waals surface area contributed by atoms with Gasteiger partial charge in [0.1, 0.15) is 5.69 Å². The molecular weight excluding hydrogens is 532 g/mol. The number of anilines is 1. The van der Waals surface area contributed by atoms with Gasteiger partial charge < -0.3 is 20.5 Å². The van der Waals surface area contributed by atoms with Gasteiger partial charge in [0, 0.05) is 27.8 Å². The van der Waals surface area contributed by atoms with Crippen LogP contribution in [0.2, 0.25) is 0 Å². The van der Waals surface area contributed by atoms with Crippen molar-refractivity contribution in [3.63, 3.8) is 0 Å². The standard InChI is InChI=1S/C29H29BrN4O3/c1-18-25(27(35)19-8-3-2-4-9-19)24(17-22-21-16-20(30)10-11-23(21)33-28(22)36)32-26(18)29(37)31-12-7-15-34-13-5-6-14-34/h2-4,8-11,16-17,32H,5-7,12-15H2,1H3,(H,31,37)(H,33,36). The molecular formula is C29H29BrN4O3. The smallest absolute Gasteiger partial charge is 0.268 e. The van der Waals surface area contributed by atoms with Gasteiger partial charge in [-0.25, -0.2) is 0 Å². The molecule has 2 aromatic carbocycles. The molecule has 0 aliphatic carbocycles. The van der Waals surface area contributed by atoms with Crippen LogP contribution in [0, 0.1) is 6.92 Å². The van der Waals surface area contributed by atoms with Crippen LogP contribution in [0.4, 0.5) is 5.69 Å². The Balaban J connectivity index is 1.47. The normalized spacial score (nSPS) is 16.2. The fourth-order valence-corrected chi connectivity index (χ4v) is 5.39. The second-order valence-corrected chi connectivity index (χ2v) is 10.4. The SMILES string of the molecule is Cc1c(C(=O)NCCCN2CCCC2)[nH]c(C=C2C(=O)Nc3ccc(Br)cc32)c1C(=O)c1ccccc1. The summed E-state index contributed by atoms with van der Waals surface area (Å²) in [5, 5.41) is 5.86. The summed E-state index contributed by atoms with van der Waals surface area (Å²) in [7, 11) is 0. The van der Waals surface area contributed by atoms with Crippen LogP contribution < -0.4 is 10.6 Å². The molecule has 3 N–H and O–H groups in total. The quantitative estimate of drug-likeness (QED) is 0.205. The predicted octanol–water partition coefficient (Wildman–Crippen LogP) is 5.03. The summed E-state index contributed by atoms with van der Waals surface area (Å²) in [5.74, 6) is -0.724. The molecule has 1 saturated heterocycles. The zero-order valence-corrected chi connectivity index (χ0v) is 22.3. The number of aromatic nitrogens is 1. The number of rotatable bonds is 8. The van der Waals surface area contributed by atoms with Crippen molar-refractivity contribution in [2.75, 3.05) is 31.5 Å². The van der Waals surface area contributed by atoms with Gasteiger partial charge in [-0.3, -0.25) is 14.4 Å². The highest BCUT2D eigenvalue weighted by atomic mass is 79.9. The Morgan fingerprint density at radius 2 is 1.86 bits per heavy atom. The lowest BCUT2D eigenvalue weighted by atomic mass is 9.97. The molecule has 1 fully saturated rings. The van der Waals surface area contributed by atoms with E-state index < -0.39 is 0 Å². The van der Waals surface area contributed by atoms with E-state index in [2.05, 4.69) is 36.4 Å². The molecule has 2 amide bonds. The van der Waals surface area contributed by atoms with Gasteiger partial charge in [0.2, 0.25) is 0 Å². The van der Waals surface area contributed by atoms with Crippen LogP contribution in [-0.2, 0) is 4.79 Å². The number of carbonyl (C=O) groups excluding carboxylic acids is 3. The predicted molar refractivity (Wildman–Crippen MR) is 149 cm³/mol. The average molecular weight is 561 g/mol. The molecule has 2 aliphatic heterocycles. The Morgan fingerprint density at radius 1 is 1.11 bits per heavy atom. The van der Waals surface area contributed by atoms with Gasteiger partial charge in [0.15, 0.2) is 5.78 Å². The molecule has 0 atom stereocenters. The van der Waals surface area contributed by atoms with E-state index in [9.17, 15) is 14.4 Å². The molecule has 1 aromatic heterocycles. The number of nitrogens with one attached hydrogen (secondary N) is 3. The number of likely N-dealkylation sites (tertiary alicyclic amines) is 1. The van der Waals surface area contributed by atoms with Crippen molar-refractivity contribution in [1.82, 2.24) is 15.2 Å². The third-order valence-electron chi connectivity index (χ3n) is 6.96. The Kier molecular flexibility index (Phi) is 7.39.